The minimum absolute atomic E-state index is 0.764. The zero-order chi connectivity index (χ0) is 22.8. The Balaban J connectivity index is 1.47. The van der Waals surface area contributed by atoms with Gasteiger partial charge in [-0.2, -0.15) is 0 Å². The molecule has 3 aromatic rings. The van der Waals surface area contributed by atoms with Crippen LogP contribution in [0.5, 0.6) is 0 Å². The third kappa shape index (κ3) is 4.84. The van der Waals surface area contributed by atoms with E-state index in [1.54, 1.807) is 11.3 Å². The molecule has 33 heavy (non-hydrogen) atoms. The van der Waals surface area contributed by atoms with Crippen molar-refractivity contribution in [3.8, 4) is 0 Å². The molecule has 0 bridgehead atoms. The molecule has 2 aliphatic heterocycles. The molecular formula is C25H33N5O2S. The van der Waals surface area contributed by atoms with E-state index in [4.69, 9.17) is 19.4 Å². The molecule has 176 valence electrons. The third-order valence-electron chi connectivity index (χ3n) is 6.64. The molecule has 2 saturated heterocycles. The first kappa shape index (κ1) is 22.5. The highest BCUT2D eigenvalue weighted by Crippen LogP contribution is 2.36. The first-order chi connectivity index (χ1) is 16.1. The number of thiophene rings is 1. The predicted octanol–water partition coefficient (Wildman–Crippen LogP) is 3.61. The molecular weight excluding hydrogens is 434 g/mol. The van der Waals surface area contributed by atoms with Crippen molar-refractivity contribution in [3.63, 3.8) is 0 Å². The van der Waals surface area contributed by atoms with E-state index in [2.05, 4.69) is 59.9 Å². The lowest BCUT2D eigenvalue weighted by Crippen LogP contribution is -2.37. The SMILES string of the molecule is Cc1sc2nc(CN3CCOCC3)nc(N(C)Cc3ccccc3N3CCOCC3)c2c1C. The summed E-state index contributed by atoms with van der Waals surface area (Å²) in [5.74, 6) is 1.93. The number of benzene rings is 1. The number of aromatic nitrogens is 2. The van der Waals surface area contributed by atoms with Crippen LogP contribution >= 0.6 is 11.3 Å². The number of rotatable bonds is 6. The van der Waals surface area contributed by atoms with Crippen LogP contribution in [0.25, 0.3) is 10.2 Å². The van der Waals surface area contributed by atoms with Crippen molar-refractivity contribution < 1.29 is 9.47 Å². The number of para-hydroxylation sites is 1. The van der Waals surface area contributed by atoms with Gasteiger partial charge >= 0.3 is 0 Å². The van der Waals surface area contributed by atoms with Gasteiger partial charge in [-0.1, -0.05) is 18.2 Å². The van der Waals surface area contributed by atoms with E-state index in [0.29, 0.717) is 0 Å². The van der Waals surface area contributed by atoms with Crippen molar-refractivity contribution in [2.75, 3.05) is 69.5 Å². The van der Waals surface area contributed by atoms with E-state index in [1.165, 1.54) is 27.1 Å². The second-order valence-electron chi connectivity index (χ2n) is 8.90. The molecule has 0 aliphatic carbocycles. The van der Waals surface area contributed by atoms with Gasteiger partial charge in [0.1, 0.15) is 16.5 Å². The maximum Gasteiger partial charge on any atom is 0.146 e. The van der Waals surface area contributed by atoms with Crippen molar-refractivity contribution in [1.29, 1.82) is 0 Å². The molecule has 0 amide bonds. The van der Waals surface area contributed by atoms with Gasteiger partial charge in [0.05, 0.1) is 38.4 Å². The van der Waals surface area contributed by atoms with Gasteiger partial charge in [0.15, 0.2) is 0 Å². The fraction of sp³-hybridized carbons (Fsp3) is 0.520. The molecule has 0 spiro atoms. The quantitative estimate of drug-likeness (QED) is 0.549. The Bertz CT molecular complexity index is 1110. The van der Waals surface area contributed by atoms with Crippen molar-refractivity contribution in [1.82, 2.24) is 14.9 Å². The monoisotopic (exact) mass is 467 g/mol. The van der Waals surface area contributed by atoms with E-state index in [0.717, 1.165) is 82.2 Å². The zero-order valence-corrected chi connectivity index (χ0v) is 20.7. The molecule has 0 saturated carbocycles. The molecule has 0 N–H and O–H groups in total. The number of morpholine rings is 2. The standard InChI is InChI=1S/C25H33N5O2S/c1-18-19(2)33-25-23(18)24(26-22(27-25)17-29-8-12-31-13-9-29)28(3)16-20-6-4-5-7-21(20)30-10-14-32-15-11-30/h4-7H,8-17H2,1-3H3. The van der Waals surface area contributed by atoms with Crippen molar-refractivity contribution >= 4 is 33.1 Å². The molecule has 2 aromatic heterocycles. The Morgan fingerprint density at radius 2 is 1.67 bits per heavy atom. The lowest BCUT2D eigenvalue weighted by molar-refractivity contribution is 0.0331. The van der Waals surface area contributed by atoms with Crippen LogP contribution in [0.15, 0.2) is 24.3 Å². The van der Waals surface area contributed by atoms with Crippen LogP contribution in [0.2, 0.25) is 0 Å². The van der Waals surface area contributed by atoms with Crippen LogP contribution < -0.4 is 9.80 Å². The van der Waals surface area contributed by atoms with E-state index >= 15 is 0 Å². The molecule has 8 heteroatoms. The highest BCUT2D eigenvalue weighted by Gasteiger charge is 2.21. The Morgan fingerprint density at radius 3 is 2.42 bits per heavy atom. The predicted molar refractivity (Wildman–Crippen MR) is 135 cm³/mol. The van der Waals surface area contributed by atoms with E-state index < -0.39 is 0 Å². The Labute approximate surface area is 199 Å². The topological polar surface area (TPSA) is 54.0 Å². The molecule has 0 radical (unpaired) electrons. The first-order valence-corrected chi connectivity index (χ1v) is 12.6. The first-order valence-electron chi connectivity index (χ1n) is 11.8. The van der Waals surface area contributed by atoms with Crippen LogP contribution in [-0.2, 0) is 22.6 Å². The second kappa shape index (κ2) is 9.93. The lowest BCUT2D eigenvalue weighted by atomic mass is 10.1. The average molecular weight is 468 g/mol. The van der Waals surface area contributed by atoms with E-state index in [-0.39, 0.29) is 0 Å². The highest BCUT2D eigenvalue weighted by atomic mass is 32.1. The fourth-order valence-corrected chi connectivity index (χ4v) is 5.71. The van der Waals surface area contributed by atoms with Crippen LogP contribution in [0.3, 0.4) is 0 Å². The highest BCUT2D eigenvalue weighted by molar-refractivity contribution is 7.18. The number of aryl methyl sites for hydroxylation is 2. The number of anilines is 2. The molecule has 2 aliphatic rings. The summed E-state index contributed by atoms with van der Waals surface area (Å²) in [6.07, 6.45) is 0. The van der Waals surface area contributed by atoms with Gasteiger partial charge in [-0.05, 0) is 31.0 Å². The van der Waals surface area contributed by atoms with Gasteiger partial charge in [-0.3, -0.25) is 4.90 Å². The Kier molecular flexibility index (Phi) is 6.78. The summed E-state index contributed by atoms with van der Waals surface area (Å²) in [4.78, 5) is 19.6. The number of ether oxygens (including phenoxy) is 2. The van der Waals surface area contributed by atoms with Gasteiger partial charge in [-0.25, -0.2) is 9.97 Å². The summed E-state index contributed by atoms with van der Waals surface area (Å²) in [5, 5.41) is 1.19. The Hall–Kier alpha value is -2.26. The second-order valence-corrected chi connectivity index (χ2v) is 10.1. The Morgan fingerprint density at radius 1 is 0.970 bits per heavy atom. The van der Waals surface area contributed by atoms with Crippen LogP contribution in [0.1, 0.15) is 21.8 Å². The minimum atomic E-state index is 0.764. The van der Waals surface area contributed by atoms with Crippen molar-refractivity contribution in [2.45, 2.75) is 26.9 Å². The van der Waals surface area contributed by atoms with Gasteiger partial charge in [-0.15, -0.1) is 11.3 Å². The summed E-state index contributed by atoms with van der Waals surface area (Å²) >= 11 is 1.78. The number of fused-ring (bicyclic) bond motifs is 1. The summed E-state index contributed by atoms with van der Waals surface area (Å²) in [7, 11) is 2.16. The number of hydrogen-bond acceptors (Lipinski definition) is 8. The maximum absolute atomic E-state index is 5.57. The van der Waals surface area contributed by atoms with Crippen molar-refractivity contribution in [3.05, 3.63) is 46.1 Å². The largest absolute Gasteiger partial charge is 0.379 e. The molecule has 0 atom stereocenters. The molecule has 7 nitrogen and oxygen atoms in total. The van der Waals surface area contributed by atoms with E-state index in [1.807, 2.05) is 0 Å². The average Bonchev–Trinajstić information content (AvgIpc) is 3.13. The normalized spacial score (nSPS) is 17.6. The molecule has 4 heterocycles. The number of nitrogens with zero attached hydrogens (tertiary/aromatic N) is 5. The van der Waals surface area contributed by atoms with Gasteiger partial charge < -0.3 is 19.3 Å². The maximum atomic E-state index is 5.57. The van der Waals surface area contributed by atoms with Crippen LogP contribution in [0, 0.1) is 13.8 Å². The molecule has 5 rings (SSSR count). The van der Waals surface area contributed by atoms with E-state index in [9.17, 15) is 0 Å². The molecule has 2 fully saturated rings. The third-order valence-corrected chi connectivity index (χ3v) is 7.74. The lowest BCUT2D eigenvalue weighted by Gasteiger charge is -2.32. The van der Waals surface area contributed by atoms with Crippen LogP contribution in [-0.4, -0.2) is 74.5 Å². The summed E-state index contributed by atoms with van der Waals surface area (Å²) < 4.78 is 11.1. The van der Waals surface area contributed by atoms with Crippen LogP contribution in [0.4, 0.5) is 11.5 Å². The summed E-state index contributed by atoms with van der Waals surface area (Å²) in [6.45, 7) is 12.8. The van der Waals surface area contributed by atoms with Gasteiger partial charge in [0, 0.05) is 50.3 Å². The van der Waals surface area contributed by atoms with Crippen molar-refractivity contribution in [2.24, 2.45) is 0 Å². The fourth-order valence-electron chi connectivity index (χ4n) is 4.67. The smallest absolute Gasteiger partial charge is 0.146 e. The zero-order valence-electron chi connectivity index (χ0n) is 19.8. The number of hydrogen-bond donors (Lipinski definition) is 0. The molecule has 1 aromatic carbocycles. The minimum Gasteiger partial charge on any atom is -0.379 e. The molecule has 0 unspecified atom stereocenters. The summed E-state index contributed by atoms with van der Waals surface area (Å²) in [5.41, 5.74) is 3.90. The van der Waals surface area contributed by atoms with Gasteiger partial charge in [0.25, 0.3) is 0 Å². The summed E-state index contributed by atoms with van der Waals surface area (Å²) in [6, 6.07) is 8.73. The van der Waals surface area contributed by atoms with Gasteiger partial charge in [0.2, 0.25) is 0 Å².